The standard InChI is InChI=1S/C28H25BrF3N5O2/c1-16-33-7-9-36(16)14-17-11-20(23-15-35(2)34-26(23)28(30,31)32)19-5-8-37(27(38)21(19)12-17)24-6-10-39-25-4-3-18(29)13-22(24)25/h3-4,7,9,11-13,15,24H,5-6,8,10,14H2,1-2H3. The Morgan fingerprint density at radius 1 is 1.15 bits per heavy atom. The molecule has 2 aromatic heterocycles. The highest BCUT2D eigenvalue weighted by Crippen LogP contribution is 2.43. The van der Waals surface area contributed by atoms with Crippen molar-refractivity contribution in [3.05, 3.63) is 87.2 Å². The summed E-state index contributed by atoms with van der Waals surface area (Å²) < 4.78 is 51.8. The molecule has 2 aliphatic heterocycles. The van der Waals surface area contributed by atoms with Gasteiger partial charge in [-0.2, -0.15) is 18.3 Å². The molecule has 39 heavy (non-hydrogen) atoms. The SMILES string of the molecule is Cc1nccn1Cc1cc2c(c(-c3cn(C)nc3C(F)(F)F)c1)CCN(C1CCOc3ccc(Br)cc31)C2=O. The Hall–Kier alpha value is -3.60. The summed E-state index contributed by atoms with van der Waals surface area (Å²) in [7, 11) is 1.47. The third-order valence-electron chi connectivity index (χ3n) is 7.42. The summed E-state index contributed by atoms with van der Waals surface area (Å²) in [4.78, 5) is 20.2. The number of rotatable bonds is 4. The minimum atomic E-state index is -4.63. The van der Waals surface area contributed by atoms with Gasteiger partial charge in [-0.3, -0.25) is 9.48 Å². The Kier molecular flexibility index (Phi) is 6.28. The lowest BCUT2D eigenvalue weighted by Crippen LogP contribution is -2.42. The number of carbonyl (C=O) groups is 1. The van der Waals surface area contributed by atoms with Gasteiger partial charge in [0.15, 0.2) is 5.69 Å². The van der Waals surface area contributed by atoms with Crippen molar-refractivity contribution in [2.24, 2.45) is 7.05 Å². The smallest absolute Gasteiger partial charge is 0.435 e. The fourth-order valence-corrected chi connectivity index (χ4v) is 6.02. The minimum Gasteiger partial charge on any atom is -0.493 e. The summed E-state index contributed by atoms with van der Waals surface area (Å²) in [6.07, 6.45) is 1.29. The molecule has 0 fully saturated rings. The average molecular weight is 600 g/mol. The van der Waals surface area contributed by atoms with Crippen molar-refractivity contribution in [3.63, 3.8) is 0 Å². The number of aryl methyl sites for hydroxylation is 2. The number of hydrogen-bond acceptors (Lipinski definition) is 4. The van der Waals surface area contributed by atoms with E-state index < -0.39 is 11.9 Å². The molecule has 1 atom stereocenters. The molecule has 0 aliphatic carbocycles. The number of benzene rings is 2. The molecule has 0 saturated carbocycles. The van der Waals surface area contributed by atoms with Crippen LogP contribution in [0, 0.1) is 6.92 Å². The maximum atomic E-state index is 14.1. The molecule has 0 N–H and O–H groups in total. The number of carbonyl (C=O) groups excluding carboxylic acids is 1. The Bertz CT molecular complexity index is 1590. The quantitative estimate of drug-likeness (QED) is 0.291. The van der Waals surface area contributed by atoms with Crippen LogP contribution in [0.2, 0.25) is 0 Å². The highest BCUT2D eigenvalue weighted by molar-refractivity contribution is 9.10. The molecule has 2 aliphatic rings. The fourth-order valence-electron chi connectivity index (χ4n) is 5.64. The second-order valence-corrected chi connectivity index (χ2v) is 10.8. The predicted octanol–water partition coefficient (Wildman–Crippen LogP) is 5.94. The zero-order valence-electron chi connectivity index (χ0n) is 21.3. The zero-order valence-corrected chi connectivity index (χ0v) is 22.9. The maximum Gasteiger partial charge on any atom is 0.435 e. The number of fused-ring (bicyclic) bond motifs is 2. The molecule has 7 nitrogen and oxygen atoms in total. The van der Waals surface area contributed by atoms with Gasteiger partial charge in [-0.1, -0.05) is 15.9 Å². The van der Waals surface area contributed by atoms with Crippen LogP contribution in [0.15, 0.2) is 53.4 Å². The first kappa shape index (κ1) is 25.7. The van der Waals surface area contributed by atoms with Gasteiger partial charge in [0, 0.05) is 66.3 Å². The number of aromatic nitrogens is 4. The molecule has 1 unspecified atom stereocenters. The van der Waals surface area contributed by atoms with Gasteiger partial charge in [0.1, 0.15) is 11.6 Å². The number of nitrogens with zero attached hydrogens (tertiary/aromatic N) is 5. The second-order valence-electron chi connectivity index (χ2n) is 9.92. The van der Waals surface area contributed by atoms with E-state index >= 15 is 0 Å². The van der Waals surface area contributed by atoms with Crippen molar-refractivity contribution in [1.82, 2.24) is 24.2 Å². The fraction of sp³-hybridized carbons (Fsp3) is 0.321. The number of imidazole rings is 1. The minimum absolute atomic E-state index is 0.0213. The van der Waals surface area contributed by atoms with E-state index in [2.05, 4.69) is 26.0 Å². The van der Waals surface area contributed by atoms with Gasteiger partial charge < -0.3 is 14.2 Å². The van der Waals surface area contributed by atoms with Gasteiger partial charge in [-0.05, 0) is 60.4 Å². The van der Waals surface area contributed by atoms with Gasteiger partial charge in [-0.25, -0.2) is 4.98 Å². The van der Waals surface area contributed by atoms with E-state index in [9.17, 15) is 18.0 Å². The molecule has 0 spiro atoms. The van der Waals surface area contributed by atoms with E-state index in [4.69, 9.17) is 4.74 Å². The van der Waals surface area contributed by atoms with Crippen LogP contribution in [0.3, 0.4) is 0 Å². The Morgan fingerprint density at radius 2 is 1.95 bits per heavy atom. The molecule has 0 saturated heterocycles. The number of amides is 1. The lowest BCUT2D eigenvalue weighted by atomic mass is 9.86. The van der Waals surface area contributed by atoms with Crippen LogP contribution in [0.4, 0.5) is 13.2 Å². The lowest BCUT2D eigenvalue weighted by molar-refractivity contribution is -0.140. The van der Waals surface area contributed by atoms with Crippen LogP contribution in [0.1, 0.15) is 51.0 Å². The van der Waals surface area contributed by atoms with Crippen LogP contribution >= 0.6 is 15.9 Å². The van der Waals surface area contributed by atoms with E-state index in [-0.39, 0.29) is 17.5 Å². The van der Waals surface area contributed by atoms with Crippen molar-refractivity contribution in [1.29, 1.82) is 0 Å². The molecular weight excluding hydrogens is 575 g/mol. The number of hydrogen-bond donors (Lipinski definition) is 0. The summed E-state index contributed by atoms with van der Waals surface area (Å²) in [5, 5.41) is 3.73. The molecule has 6 rings (SSSR count). The summed E-state index contributed by atoms with van der Waals surface area (Å²) >= 11 is 3.52. The topological polar surface area (TPSA) is 65.2 Å². The van der Waals surface area contributed by atoms with E-state index in [0.29, 0.717) is 54.8 Å². The molecule has 0 radical (unpaired) electrons. The Labute approximate surface area is 231 Å². The van der Waals surface area contributed by atoms with Crippen LogP contribution in [-0.4, -0.2) is 43.3 Å². The second kappa shape index (κ2) is 9.55. The van der Waals surface area contributed by atoms with Crippen molar-refractivity contribution >= 4 is 21.8 Å². The maximum absolute atomic E-state index is 14.1. The van der Waals surface area contributed by atoms with Crippen LogP contribution < -0.4 is 4.74 Å². The summed E-state index contributed by atoms with van der Waals surface area (Å²) in [6, 6.07) is 9.14. The van der Waals surface area contributed by atoms with E-state index in [1.807, 2.05) is 46.9 Å². The van der Waals surface area contributed by atoms with E-state index in [0.717, 1.165) is 21.6 Å². The van der Waals surface area contributed by atoms with Crippen molar-refractivity contribution in [2.45, 2.75) is 38.5 Å². The van der Waals surface area contributed by atoms with Crippen molar-refractivity contribution < 1.29 is 22.7 Å². The first-order valence-corrected chi connectivity index (χ1v) is 13.4. The van der Waals surface area contributed by atoms with Crippen LogP contribution in [0.25, 0.3) is 11.1 Å². The monoisotopic (exact) mass is 599 g/mol. The highest BCUT2D eigenvalue weighted by Gasteiger charge is 2.40. The number of halogens is 4. The van der Waals surface area contributed by atoms with Gasteiger partial charge in [0.05, 0.1) is 12.6 Å². The summed E-state index contributed by atoms with van der Waals surface area (Å²) in [5.41, 5.74) is 2.09. The van der Waals surface area contributed by atoms with Crippen LogP contribution in [0.5, 0.6) is 5.75 Å². The molecule has 4 heterocycles. The normalized spacial score (nSPS) is 17.1. The number of alkyl halides is 3. The molecule has 202 valence electrons. The van der Waals surface area contributed by atoms with Gasteiger partial charge in [-0.15, -0.1) is 0 Å². The average Bonchev–Trinajstić information content (AvgIpc) is 3.49. The van der Waals surface area contributed by atoms with Crippen LogP contribution in [-0.2, 0) is 26.2 Å². The first-order valence-electron chi connectivity index (χ1n) is 12.6. The van der Waals surface area contributed by atoms with Gasteiger partial charge >= 0.3 is 6.18 Å². The van der Waals surface area contributed by atoms with Gasteiger partial charge in [0.25, 0.3) is 5.91 Å². The van der Waals surface area contributed by atoms with E-state index in [1.165, 1.54) is 17.9 Å². The molecular formula is C28H25BrF3N5O2. The summed E-state index contributed by atoms with van der Waals surface area (Å²) in [5.74, 6) is 1.31. The highest BCUT2D eigenvalue weighted by atomic mass is 79.9. The molecule has 1 amide bonds. The molecule has 2 aromatic carbocycles. The Morgan fingerprint density at radius 3 is 2.69 bits per heavy atom. The lowest BCUT2D eigenvalue weighted by Gasteiger charge is -2.39. The van der Waals surface area contributed by atoms with E-state index in [1.54, 1.807) is 12.3 Å². The summed E-state index contributed by atoms with van der Waals surface area (Å²) in [6.45, 7) is 3.09. The number of ether oxygens (including phenoxy) is 1. The Balaban J connectivity index is 1.48. The zero-order chi connectivity index (χ0) is 27.5. The molecule has 11 heteroatoms. The largest absolute Gasteiger partial charge is 0.493 e. The molecule has 4 aromatic rings. The molecule has 0 bridgehead atoms. The predicted molar refractivity (Wildman–Crippen MR) is 141 cm³/mol. The van der Waals surface area contributed by atoms with Gasteiger partial charge in [0.2, 0.25) is 0 Å². The third kappa shape index (κ3) is 4.62. The van der Waals surface area contributed by atoms with Crippen molar-refractivity contribution in [3.8, 4) is 16.9 Å². The first-order chi connectivity index (χ1) is 18.6. The van der Waals surface area contributed by atoms with Crippen molar-refractivity contribution in [2.75, 3.05) is 13.2 Å². The third-order valence-corrected chi connectivity index (χ3v) is 7.92.